The highest BCUT2D eigenvalue weighted by Crippen LogP contribution is 2.65. The molecule has 124 valence electrons. The van der Waals surface area contributed by atoms with Crippen molar-refractivity contribution in [3.8, 4) is 0 Å². The fraction of sp³-hybridized carbons (Fsp3) is 0.900. The molecule has 0 aliphatic heterocycles. The largest absolute Gasteiger partial charge is 0.393 e. The quantitative estimate of drug-likeness (QED) is 0.663. The van der Waals surface area contributed by atoms with E-state index in [2.05, 4.69) is 19.9 Å². The van der Waals surface area contributed by atoms with Crippen molar-refractivity contribution in [1.29, 1.82) is 0 Å². The van der Waals surface area contributed by atoms with Gasteiger partial charge in [0, 0.05) is 0 Å². The van der Waals surface area contributed by atoms with E-state index in [9.17, 15) is 10.2 Å². The van der Waals surface area contributed by atoms with Crippen LogP contribution in [0.15, 0.2) is 11.6 Å². The molecule has 4 rings (SSSR count). The first kappa shape index (κ1) is 15.2. The van der Waals surface area contributed by atoms with Gasteiger partial charge in [-0.1, -0.05) is 25.5 Å². The van der Waals surface area contributed by atoms with Crippen molar-refractivity contribution < 1.29 is 10.2 Å². The summed E-state index contributed by atoms with van der Waals surface area (Å²) < 4.78 is 0. The summed E-state index contributed by atoms with van der Waals surface area (Å²) in [7, 11) is 0. The van der Waals surface area contributed by atoms with E-state index in [1.54, 1.807) is 0 Å². The highest BCUT2D eigenvalue weighted by molar-refractivity contribution is 5.26. The van der Waals surface area contributed by atoms with Gasteiger partial charge in [-0.15, -0.1) is 0 Å². The summed E-state index contributed by atoms with van der Waals surface area (Å²) in [5.41, 5.74) is 1.51. The smallest absolute Gasteiger partial charge is 0.0657 e. The van der Waals surface area contributed by atoms with E-state index in [1.165, 1.54) is 31.3 Å². The van der Waals surface area contributed by atoms with Crippen molar-refractivity contribution >= 4 is 0 Å². The van der Waals surface area contributed by atoms with E-state index in [0.29, 0.717) is 11.3 Å². The normalized spacial score (nSPS) is 57.6. The Hall–Kier alpha value is -0.340. The van der Waals surface area contributed by atoms with Crippen LogP contribution in [0.5, 0.6) is 0 Å². The molecule has 3 fully saturated rings. The zero-order valence-corrected chi connectivity index (χ0v) is 14.4. The molecule has 0 aromatic rings. The zero-order valence-electron chi connectivity index (χ0n) is 14.4. The van der Waals surface area contributed by atoms with E-state index in [1.807, 2.05) is 6.92 Å². The Kier molecular flexibility index (Phi) is 3.18. The molecule has 0 spiro atoms. The first-order valence-corrected chi connectivity index (χ1v) is 9.36. The molecule has 0 radical (unpaired) electrons. The van der Waals surface area contributed by atoms with Gasteiger partial charge >= 0.3 is 0 Å². The zero-order chi connectivity index (χ0) is 15.8. The summed E-state index contributed by atoms with van der Waals surface area (Å²) in [4.78, 5) is 0. The number of aliphatic hydroxyl groups is 2. The molecule has 4 aliphatic carbocycles. The van der Waals surface area contributed by atoms with Gasteiger partial charge in [0.2, 0.25) is 0 Å². The van der Waals surface area contributed by atoms with Gasteiger partial charge in [0.25, 0.3) is 0 Å². The SMILES string of the molecule is C[C@@]1(O)CC[C@@]2(C)C(=CC[C@H]3[C@@H]4CC[C@H](O)[C@@]4(C)CC[C@@H]32)C1. The van der Waals surface area contributed by atoms with Gasteiger partial charge in [-0.05, 0) is 86.9 Å². The molecule has 4 aliphatic rings. The van der Waals surface area contributed by atoms with E-state index in [-0.39, 0.29) is 11.5 Å². The summed E-state index contributed by atoms with van der Waals surface area (Å²) in [5, 5.41) is 21.0. The lowest BCUT2D eigenvalue weighted by molar-refractivity contribution is -0.0806. The Labute approximate surface area is 135 Å². The third-order valence-electron chi connectivity index (χ3n) is 8.33. The summed E-state index contributed by atoms with van der Waals surface area (Å²) >= 11 is 0. The van der Waals surface area contributed by atoms with E-state index >= 15 is 0 Å². The van der Waals surface area contributed by atoms with Crippen LogP contribution in [0.25, 0.3) is 0 Å². The van der Waals surface area contributed by atoms with Crippen molar-refractivity contribution in [2.24, 2.45) is 28.6 Å². The molecule has 0 amide bonds. The minimum atomic E-state index is -0.495. The second kappa shape index (κ2) is 4.60. The third-order valence-corrected chi connectivity index (χ3v) is 8.33. The maximum atomic E-state index is 10.5. The first-order chi connectivity index (χ1) is 10.3. The van der Waals surface area contributed by atoms with Crippen LogP contribution in [0, 0.1) is 28.6 Å². The maximum absolute atomic E-state index is 10.5. The van der Waals surface area contributed by atoms with Crippen LogP contribution in [0.1, 0.15) is 72.1 Å². The van der Waals surface area contributed by atoms with E-state index < -0.39 is 5.60 Å². The molecule has 0 bridgehead atoms. The van der Waals surface area contributed by atoms with Crippen LogP contribution in [0.2, 0.25) is 0 Å². The minimum absolute atomic E-state index is 0.0799. The van der Waals surface area contributed by atoms with Crippen molar-refractivity contribution in [2.75, 3.05) is 0 Å². The van der Waals surface area contributed by atoms with Crippen LogP contribution in [0.3, 0.4) is 0 Å². The molecule has 7 atom stereocenters. The lowest BCUT2D eigenvalue weighted by Gasteiger charge is -2.58. The van der Waals surface area contributed by atoms with Crippen molar-refractivity contribution in [1.82, 2.24) is 0 Å². The lowest BCUT2D eigenvalue weighted by atomic mass is 9.47. The van der Waals surface area contributed by atoms with Crippen LogP contribution < -0.4 is 0 Å². The minimum Gasteiger partial charge on any atom is -0.393 e. The summed E-state index contributed by atoms with van der Waals surface area (Å²) in [6.07, 6.45) is 11.2. The monoisotopic (exact) mass is 304 g/mol. The molecular formula is C20H32O2. The molecule has 0 aromatic heterocycles. The molecular weight excluding hydrogens is 272 g/mol. The van der Waals surface area contributed by atoms with Crippen molar-refractivity contribution in [2.45, 2.75) is 83.8 Å². The fourth-order valence-corrected chi connectivity index (χ4v) is 6.78. The number of allylic oxidation sites excluding steroid dienone is 1. The molecule has 3 saturated carbocycles. The second-order valence-electron chi connectivity index (χ2n) is 9.57. The maximum Gasteiger partial charge on any atom is 0.0657 e. The van der Waals surface area contributed by atoms with Gasteiger partial charge in [-0.25, -0.2) is 0 Å². The van der Waals surface area contributed by atoms with Crippen molar-refractivity contribution in [3.05, 3.63) is 11.6 Å². The van der Waals surface area contributed by atoms with Crippen molar-refractivity contribution in [3.63, 3.8) is 0 Å². The first-order valence-electron chi connectivity index (χ1n) is 9.36. The Morgan fingerprint density at radius 1 is 1.00 bits per heavy atom. The molecule has 0 unspecified atom stereocenters. The number of fused-ring (bicyclic) bond motifs is 5. The molecule has 2 heteroatoms. The van der Waals surface area contributed by atoms with E-state index in [0.717, 1.165) is 37.5 Å². The number of aliphatic hydroxyl groups excluding tert-OH is 1. The Balaban J connectivity index is 1.67. The molecule has 0 saturated heterocycles. The lowest BCUT2D eigenvalue weighted by Crippen LogP contribution is -2.52. The van der Waals surface area contributed by atoms with Crippen LogP contribution in [0.4, 0.5) is 0 Å². The second-order valence-corrected chi connectivity index (χ2v) is 9.57. The Morgan fingerprint density at radius 3 is 2.55 bits per heavy atom. The van der Waals surface area contributed by atoms with Crippen LogP contribution in [-0.4, -0.2) is 21.9 Å². The summed E-state index contributed by atoms with van der Waals surface area (Å²) in [6, 6.07) is 0. The molecule has 0 heterocycles. The topological polar surface area (TPSA) is 40.5 Å². The van der Waals surface area contributed by atoms with Gasteiger partial charge in [0.15, 0.2) is 0 Å². The molecule has 22 heavy (non-hydrogen) atoms. The predicted molar refractivity (Wildman–Crippen MR) is 88.3 cm³/mol. The van der Waals surface area contributed by atoms with Gasteiger partial charge < -0.3 is 10.2 Å². The van der Waals surface area contributed by atoms with Gasteiger partial charge in [-0.2, -0.15) is 0 Å². The van der Waals surface area contributed by atoms with Gasteiger partial charge in [0.05, 0.1) is 11.7 Å². The molecule has 2 nitrogen and oxygen atoms in total. The number of hydrogen-bond donors (Lipinski definition) is 2. The third kappa shape index (κ3) is 1.92. The fourth-order valence-electron chi connectivity index (χ4n) is 6.78. The highest BCUT2D eigenvalue weighted by Gasteiger charge is 2.58. The molecule has 2 N–H and O–H groups in total. The molecule has 0 aromatic carbocycles. The van der Waals surface area contributed by atoms with Crippen LogP contribution in [-0.2, 0) is 0 Å². The van der Waals surface area contributed by atoms with E-state index in [4.69, 9.17) is 0 Å². The van der Waals surface area contributed by atoms with Gasteiger partial charge in [0.1, 0.15) is 0 Å². The highest BCUT2D eigenvalue weighted by atomic mass is 16.3. The number of rotatable bonds is 0. The van der Waals surface area contributed by atoms with Gasteiger partial charge in [-0.3, -0.25) is 0 Å². The Bertz CT molecular complexity index is 508. The average Bonchev–Trinajstić information content (AvgIpc) is 2.76. The Morgan fingerprint density at radius 2 is 1.77 bits per heavy atom. The average molecular weight is 304 g/mol. The standard InChI is InChI=1S/C20H32O2/c1-18(22)10-11-19(2)13(12-18)4-5-14-15-6-7-17(21)20(15,3)9-8-16(14)19/h4,14-17,21-22H,5-12H2,1-3H3/t14-,15-,16-,17-,18+,19-,20-/m0/s1. The number of hydrogen-bond acceptors (Lipinski definition) is 2. The van der Waals surface area contributed by atoms with Crippen LogP contribution >= 0.6 is 0 Å². The summed E-state index contributed by atoms with van der Waals surface area (Å²) in [5.74, 6) is 2.23. The summed E-state index contributed by atoms with van der Waals surface area (Å²) in [6.45, 7) is 6.82. The predicted octanol–water partition coefficient (Wildman–Crippen LogP) is 4.06.